The van der Waals surface area contributed by atoms with Gasteiger partial charge in [-0.15, -0.1) is 10.2 Å². The zero-order valence-corrected chi connectivity index (χ0v) is 19.0. The first-order valence-corrected chi connectivity index (χ1v) is 11.5. The first kappa shape index (κ1) is 22.9. The molecule has 1 aromatic heterocycles. The van der Waals surface area contributed by atoms with Crippen molar-refractivity contribution in [3.8, 4) is 5.75 Å². The molecule has 0 spiro atoms. The normalized spacial score (nSPS) is 13.9. The van der Waals surface area contributed by atoms with Gasteiger partial charge in [0, 0.05) is 45.6 Å². The van der Waals surface area contributed by atoms with Gasteiger partial charge in [-0.25, -0.2) is 4.39 Å². The number of amides is 1. The van der Waals surface area contributed by atoms with E-state index >= 15 is 0 Å². The highest BCUT2D eigenvalue weighted by Crippen LogP contribution is 2.16. The molecule has 0 aliphatic carbocycles. The second-order valence-corrected chi connectivity index (χ2v) is 8.19. The van der Waals surface area contributed by atoms with E-state index in [0.29, 0.717) is 19.6 Å². The molecule has 2 heterocycles. The number of rotatable bonds is 9. The molecule has 1 N–H and O–H groups in total. The molecular weight excluding hydrogens is 421 g/mol. The van der Waals surface area contributed by atoms with Gasteiger partial charge in [0.25, 0.3) is 0 Å². The lowest BCUT2D eigenvalue weighted by molar-refractivity contribution is -0.120. The van der Waals surface area contributed by atoms with Crippen LogP contribution in [0, 0.1) is 5.82 Å². The molecule has 33 heavy (non-hydrogen) atoms. The van der Waals surface area contributed by atoms with Crippen LogP contribution in [0.5, 0.6) is 5.75 Å². The van der Waals surface area contributed by atoms with Gasteiger partial charge in [0.05, 0.1) is 13.0 Å². The molecule has 0 fully saturated rings. The van der Waals surface area contributed by atoms with Gasteiger partial charge in [-0.05, 0) is 42.3 Å². The van der Waals surface area contributed by atoms with Crippen LogP contribution in [0.1, 0.15) is 29.7 Å². The van der Waals surface area contributed by atoms with Crippen molar-refractivity contribution in [2.75, 3.05) is 26.2 Å². The molecule has 0 bridgehead atoms. The van der Waals surface area contributed by atoms with Crippen LogP contribution in [-0.4, -0.2) is 51.8 Å². The minimum Gasteiger partial charge on any atom is -0.494 e. The van der Waals surface area contributed by atoms with Gasteiger partial charge in [0.1, 0.15) is 23.2 Å². The monoisotopic (exact) mass is 451 g/mol. The fourth-order valence-corrected chi connectivity index (χ4v) is 4.05. The number of nitrogens with one attached hydrogen (secondary N) is 1. The predicted molar refractivity (Wildman–Crippen MR) is 123 cm³/mol. The lowest BCUT2D eigenvalue weighted by Crippen LogP contribution is -2.28. The second-order valence-electron chi connectivity index (χ2n) is 8.19. The predicted octanol–water partition coefficient (Wildman–Crippen LogP) is 2.78. The second kappa shape index (κ2) is 11.0. The summed E-state index contributed by atoms with van der Waals surface area (Å²) in [5.41, 5.74) is 2.05. The zero-order chi connectivity index (χ0) is 23.0. The Balaban J connectivity index is 1.25. The Morgan fingerprint density at radius 2 is 1.79 bits per heavy atom. The SMILES string of the molecule is CCOc1ccc(CN2CCc3nnc(CCNC(=O)Cc4ccc(F)cc4)n3CC2)cc1. The van der Waals surface area contributed by atoms with Crippen LogP contribution in [0.4, 0.5) is 4.39 Å². The number of ether oxygens (including phenoxy) is 1. The van der Waals surface area contributed by atoms with E-state index in [1.165, 1.54) is 17.7 Å². The summed E-state index contributed by atoms with van der Waals surface area (Å²) in [4.78, 5) is 14.6. The first-order chi connectivity index (χ1) is 16.1. The van der Waals surface area contributed by atoms with Crippen LogP contribution in [0.15, 0.2) is 48.5 Å². The number of aromatic nitrogens is 3. The molecule has 0 radical (unpaired) electrons. The van der Waals surface area contributed by atoms with E-state index in [0.717, 1.165) is 55.6 Å². The molecule has 0 unspecified atom stereocenters. The lowest BCUT2D eigenvalue weighted by atomic mass is 10.1. The Bertz CT molecular complexity index is 1050. The summed E-state index contributed by atoms with van der Waals surface area (Å²) in [5.74, 6) is 2.41. The number of fused-ring (bicyclic) bond motifs is 1. The van der Waals surface area contributed by atoms with Crippen LogP contribution < -0.4 is 10.1 Å². The fourth-order valence-electron chi connectivity index (χ4n) is 4.05. The molecule has 8 heteroatoms. The third-order valence-electron chi connectivity index (χ3n) is 5.78. The average Bonchev–Trinajstić information content (AvgIpc) is 3.08. The summed E-state index contributed by atoms with van der Waals surface area (Å²) >= 11 is 0. The van der Waals surface area contributed by atoms with E-state index in [-0.39, 0.29) is 18.1 Å². The Morgan fingerprint density at radius 3 is 2.55 bits per heavy atom. The van der Waals surface area contributed by atoms with Crippen molar-refractivity contribution in [3.05, 3.63) is 77.1 Å². The summed E-state index contributed by atoms with van der Waals surface area (Å²) in [6, 6.07) is 14.3. The first-order valence-electron chi connectivity index (χ1n) is 11.5. The smallest absolute Gasteiger partial charge is 0.224 e. The van der Waals surface area contributed by atoms with Gasteiger partial charge in [0.2, 0.25) is 5.91 Å². The standard InChI is InChI=1S/C25H30FN5O2/c1-2-33-22-9-5-20(6-10-22)18-30-14-12-24-29-28-23(31(24)16-15-30)11-13-27-25(32)17-19-3-7-21(26)8-4-19/h3-10H,2,11-18H2,1H3,(H,27,32). The highest BCUT2D eigenvalue weighted by Gasteiger charge is 2.19. The van der Waals surface area contributed by atoms with Crippen LogP contribution in [0.2, 0.25) is 0 Å². The van der Waals surface area contributed by atoms with Gasteiger partial charge in [-0.1, -0.05) is 24.3 Å². The Labute approximate surface area is 193 Å². The number of carbonyl (C=O) groups excluding carboxylic acids is 1. The number of nitrogens with zero attached hydrogens (tertiary/aromatic N) is 4. The molecule has 0 saturated heterocycles. The maximum atomic E-state index is 13.0. The van der Waals surface area contributed by atoms with Gasteiger partial charge in [0.15, 0.2) is 0 Å². The van der Waals surface area contributed by atoms with E-state index < -0.39 is 0 Å². The van der Waals surface area contributed by atoms with Crippen molar-refractivity contribution in [2.45, 2.75) is 39.3 Å². The van der Waals surface area contributed by atoms with Gasteiger partial charge >= 0.3 is 0 Å². The zero-order valence-electron chi connectivity index (χ0n) is 19.0. The molecule has 7 nitrogen and oxygen atoms in total. The molecule has 1 amide bonds. The van der Waals surface area contributed by atoms with Crippen molar-refractivity contribution in [1.29, 1.82) is 0 Å². The Morgan fingerprint density at radius 1 is 1.03 bits per heavy atom. The van der Waals surface area contributed by atoms with Crippen LogP contribution in [0.25, 0.3) is 0 Å². The van der Waals surface area contributed by atoms with E-state index in [2.05, 4.69) is 37.1 Å². The topological polar surface area (TPSA) is 72.3 Å². The highest BCUT2D eigenvalue weighted by molar-refractivity contribution is 5.78. The molecule has 0 saturated carbocycles. The molecule has 2 aromatic carbocycles. The van der Waals surface area contributed by atoms with E-state index in [4.69, 9.17) is 4.74 Å². The summed E-state index contributed by atoms with van der Waals surface area (Å²) < 4.78 is 20.7. The van der Waals surface area contributed by atoms with Crippen molar-refractivity contribution in [3.63, 3.8) is 0 Å². The van der Waals surface area contributed by atoms with Gasteiger partial charge in [-0.3, -0.25) is 9.69 Å². The maximum absolute atomic E-state index is 13.0. The summed E-state index contributed by atoms with van der Waals surface area (Å²) in [6.07, 6.45) is 1.71. The molecular formula is C25H30FN5O2. The largest absolute Gasteiger partial charge is 0.494 e. The number of hydrogen-bond acceptors (Lipinski definition) is 5. The van der Waals surface area contributed by atoms with Gasteiger partial charge in [-0.2, -0.15) is 0 Å². The third-order valence-corrected chi connectivity index (χ3v) is 5.78. The van der Waals surface area contributed by atoms with E-state index in [1.807, 2.05) is 19.1 Å². The minimum atomic E-state index is -0.301. The number of halogens is 1. The fraction of sp³-hybridized carbons (Fsp3) is 0.400. The molecule has 0 atom stereocenters. The minimum absolute atomic E-state index is 0.0845. The van der Waals surface area contributed by atoms with Crippen LogP contribution in [-0.2, 0) is 37.1 Å². The molecule has 3 aromatic rings. The van der Waals surface area contributed by atoms with E-state index in [9.17, 15) is 9.18 Å². The number of carbonyl (C=O) groups is 1. The summed E-state index contributed by atoms with van der Waals surface area (Å²) in [7, 11) is 0. The maximum Gasteiger partial charge on any atom is 0.224 e. The van der Waals surface area contributed by atoms with Crippen molar-refractivity contribution < 1.29 is 13.9 Å². The Hall–Kier alpha value is -3.26. The van der Waals surface area contributed by atoms with Gasteiger partial charge < -0.3 is 14.6 Å². The summed E-state index contributed by atoms with van der Waals surface area (Å²) in [5, 5.41) is 11.7. The van der Waals surface area contributed by atoms with Crippen molar-refractivity contribution in [2.24, 2.45) is 0 Å². The molecule has 4 rings (SSSR count). The number of hydrogen-bond donors (Lipinski definition) is 1. The quantitative estimate of drug-likeness (QED) is 0.542. The molecule has 1 aliphatic rings. The third kappa shape index (κ3) is 6.38. The molecule has 174 valence electrons. The number of benzene rings is 2. The van der Waals surface area contributed by atoms with E-state index in [1.54, 1.807) is 12.1 Å². The summed E-state index contributed by atoms with van der Waals surface area (Å²) in [6.45, 7) is 6.72. The average molecular weight is 452 g/mol. The lowest BCUT2D eigenvalue weighted by Gasteiger charge is -2.20. The van der Waals surface area contributed by atoms with Crippen molar-refractivity contribution >= 4 is 5.91 Å². The van der Waals surface area contributed by atoms with Crippen LogP contribution >= 0.6 is 0 Å². The highest BCUT2D eigenvalue weighted by atomic mass is 19.1. The van der Waals surface area contributed by atoms with Crippen molar-refractivity contribution in [1.82, 2.24) is 25.0 Å². The van der Waals surface area contributed by atoms with Crippen LogP contribution in [0.3, 0.4) is 0 Å². The molecule has 1 aliphatic heterocycles. The Kier molecular flexibility index (Phi) is 7.67.